The SMILES string of the molecule is CCOc1ccccc1NS(=O)(=O)C1C(=O)NC(=O)N=C1C. The Labute approximate surface area is 127 Å². The number of nitrogens with zero attached hydrogens (tertiary/aromatic N) is 1. The van der Waals surface area contributed by atoms with Crippen LogP contribution in [0.15, 0.2) is 29.3 Å². The van der Waals surface area contributed by atoms with Crippen molar-refractivity contribution in [1.29, 1.82) is 0 Å². The predicted molar refractivity (Wildman–Crippen MR) is 80.6 cm³/mol. The van der Waals surface area contributed by atoms with Crippen molar-refractivity contribution in [2.75, 3.05) is 11.3 Å². The first-order chi connectivity index (χ1) is 10.3. The second-order valence-electron chi connectivity index (χ2n) is 4.50. The zero-order valence-corrected chi connectivity index (χ0v) is 12.8. The number of carbonyl (C=O) groups excluding carboxylic acids is 2. The molecule has 0 bridgehead atoms. The van der Waals surface area contributed by atoms with E-state index in [0.29, 0.717) is 12.4 Å². The van der Waals surface area contributed by atoms with E-state index in [-0.39, 0.29) is 11.4 Å². The monoisotopic (exact) mass is 325 g/mol. The Morgan fingerprint density at radius 3 is 2.64 bits per heavy atom. The van der Waals surface area contributed by atoms with Crippen LogP contribution in [0.1, 0.15) is 13.8 Å². The van der Waals surface area contributed by atoms with Crippen molar-refractivity contribution in [3.8, 4) is 5.75 Å². The number of hydrogen-bond donors (Lipinski definition) is 2. The van der Waals surface area contributed by atoms with E-state index in [4.69, 9.17) is 4.74 Å². The van der Waals surface area contributed by atoms with E-state index in [0.717, 1.165) is 0 Å². The molecule has 1 aromatic rings. The summed E-state index contributed by atoms with van der Waals surface area (Å²) in [6, 6.07) is 5.57. The van der Waals surface area contributed by atoms with Gasteiger partial charge in [0.05, 0.1) is 18.0 Å². The Kier molecular flexibility index (Phi) is 4.45. The molecule has 118 valence electrons. The highest BCUT2D eigenvalue weighted by Crippen LogP contribution is 2.26. The standard InChI is InChI=1S/C13H15N3O5S/c1-3-21-10-7-5-4-6-9(10)16-22(19,20)11-8(2)14-13(18)15-12(11)17/h4-7,11,16H,3H2,1-2H3,(H,15,17,18). The summed E-state index contributed by atoms with van der Waals surface area (Å²) >= 11 is 0. The Morgan fingerprint density at radius 1 is 1.32 bits per heavy atom. The van der Waals surface area contributed by atoms with Crippen LogP contribution in [0.5, 0.6) is 5.75 Å². The Balaban J connectivity index is 2.34. The third-order valence-corrected chi connectivity index (χ3v) is 4.56. The molecule has 0 aliphatic carbocycles. The fourth-order valence-corrected chi connectivity index (χ4v) is 3.45. The van der Waals surface area contributed by atoms with E-state index < -0.39 is 27.2 Å². The molecule has 0 saturated heterocycles. The largest absolute Gasteiger partial charge is 0.492 e. The van der Waals surface area contributed by atoms with Gasteiger partial charge in [-0.15, -0.1) is 0 Å². The average Bonchev–Trinajstić information content (AvgIpc) is 2.39. The van der Waals surface area contributed by atoms with E-state index in [1.54, 1.807) is 25.1 Å². The zero-order valence-electron chi connectivity index (χ0n) is 12.0. The Hall–Kier alpha value is -2.42. The molecule has 0 aromatic heterocycles. The maximum absolute atomic E-state index is 12.4. The van der Waals surface area contributed by atoms with Crippen molar-refractivity contribution in [2.45, 2.75) is 19.1 Å². The van der Waals surface area contributed by atoms with Crippen LogP contribution in [0, 0.1) is 0 Å². The second kappa shape index (κ2) is 6.14. The topological polar surface area (TPSA) is 114 Å². The van der Waals surface area contributed by atoms with Gasteiger partial charge in [-0.1, -0.05) is 12.1 Å². The number of anilines is 1. The summed E-state index contributed by atoms with van der Waals surface area (Å²) in [7, 11) is -4.12. The Morgan fingerprint density at radius 2 is 2.00 bits per heavy atom. The minimum absolute atomic E-state index is 0.0878. The molecule has 0 radical (unpaired) electrons. The Bertz CT molecular complexity index is 742. The molecule has 0 fully saturated rings. The normalized spacial score (nSPS) is 18.5. The fourth-order valence-electron chi connectivity index (χ4n) is 2.02. The summed E-state index contributed by atoms with van der Waals surface area (Å²) in [4.78, 5) is 26.4. The molecular weight excluding hydrogens is 310 g/mol. The van der Waals surface area contributed by atoms with E-state index >= 15 is 0 Å². The van der Waals surface area contributed by atoms with Crippen molar-refractivity contribution in [2.24, 2.45) is 4.99 Å². The van der Waals surface area contributed by atoms with Crippen LogP contribution in [0.3, 0.4) is 0 Å². The quantitative estimate of drug-likeness (QED) is 0.835. The lowest BCUT2D eigenvalue weighted by Gasteiger charge is -2.21. The number of aliphatic imine (C=N–C) groups is 1. The summed E-state index contributed by atoms with van der Waals surface area (Å²) in [6.07, 6.45) is 0. The molecule has 1 aromatic carbocycles. The van der Waals surface area contributed by atoms with Gasteiger partial charge in [0.15, 0.2) is 5.25 Å². The number of para-hydroxylation sites is 2. The predicted octanol–water partition coefficient (Wildman–Crippen LogP) is 0.906. The number of rotatable bonds is 5. The fraction of sp³-hybridized carbons (Fsp3) is 0.308. The molecule has 2 N–H and O–H groups in total. The molecule has 3 amide bonds. The summed E-state index contributed by atoms with van der Waals surface area (Å²) in [5.74, 6) is -0.589. The highest BCUT2D eigenvalue weighted by atomic mass is 32.2. The molecule has 9 heteroatoms. The van der Waals surface area contributed by atoms with Gasteiger partial charge in [-0.2, -0.15) is 0 Å². The van der Waals surface area contributed by atoms with Gasteiger partial charge in [-0.05, 0) is 26.0 Å². The minimum atomic E-state index is -4.12. The maximum atomic E-state index is 12.4. The lowest BCUT2D eigenvalue weighted by atomic mass is 10.2. The highest BCUT2D eigenvalue weighted by molar-refractivity contribution is 7.94. The lowest BCUT2D eigenvalue weighted by Crippen LogP contribution is -2.51. The van der Waals surface area contributed by atoms with Crippen molar-refractivity contribution in [3.63, 3.8) is 0 Å². The van der Waals surface area contributed by atoms with Crippen LogP contribution in [0.2, 0.25) is 0 Å². The van der Waals surface area contributed by atoms with Crippen LogP contribution in [0.4, 0.5) is 10.5 Å². The summed E-state index contributed by atoms with van der Waals surface area (Å²) in [5.41, 5.74) is 0.122. The van der Waals surface area contributed by atoms with Gasteiger partial charge in [-0.3, -0.25) is 14.8 Å². The number of hydrogen-bond acceptors (Lipinski definition) is 5. The molecule has 1 aliphatic heterocycles. The summed E-state index contributed by atoms with van der Waals surface area (Å²) in [6.45, 7) is 3.44. The number of imide groups is 1. The zero-order chi connectivity index (χ0) is 16.3. The molecule has 1 heterocycles. The first-order valence-electron chi connectivity index (χ1n) is 6.48. The minimum Gasteiger partial charge on any atom is -0.492 e. The number of amides is 3. The number of carbonyl (C=O) groups is 2. The van der Waals surface area contributed by atoms with Gasteiger partial charge in [-0.25, -0.2) is 18.2 Å². The maximum Gasteiger partial charge on any atom is 0.347 e. The molecular formula is C13H15N3O5S. The smallest absolute Gasteiger partial charge is 0.347 e. The van der Waals surface area contributed by atoms with E-state index in [1.165, 1.54) is 13.0 Å². The van der Waals surface area contributed by atoms with Crippen LogP contribution in [-0.2, 0) is 14.8 Å². The van der Waals surface area contributed by atoms with Crippen molar-refractivity contribution < 1.29 is 22.7 Å². The van der Waals surface area contributed by atoms with Gasteiger partial charge < -0.3 is 4.74 Å². The van der Waals surface area contributed by atoms with Gasteiger partial charge in [0, 0.05) is 0 Å². The van der Waals surface area contributed by atoms with Crippen molar-refractivity contribution in [1.82, 2.24) is 5.32 Å². The van der Waals surface area contributed by atoms with Gasteiger partial charge in [0.25, 0.3) is 5.91 Å². The summed E-state index contributed by atoms with van der Waals surface area (Å²) in [5, 5.41) is 0.306. The van der Waals surface area contributed by atoms with Crippen LogP contribution in [-0.4, -0.2) is 37.9 Å². The van der Waals surface area contributed by atoms with Gasteiger partial charge in [0.1, 0.15) is 5.75 Å². The molecule has 1 unspecified atom stereocenters. The number of sulfonamides is 1. The first kappa shape index (κ1) is 16.0. The van der Waals surface area contributed by atoms with Crippen molar-refractivity contribution in [3.05, 3.63) is 24.3 Å². The molecule has 0 spiro atoms. The molecule has 2 rings (SSSR count). The number of nitrogens with one attached hydrogen (secondary N) is 2. The summed E-state index contributed by atoms with van der Waals surface area (Å²) < 4.78 is 32.5. The highest BCUT2D eigenvalue weighted by Gasteiger charge is 2.39. The van der Waals surface area contributed by atoms with E-state index in [2.05, 4.69) is 9.71 Å². The third-order valence-electron chi connectivity index (χ3n) is 2.88. The molecule has 1 atom stereocenters. The van der Waals surface area contributed by atoms with Crippen molar-refractivity contribution >= 4 is 33.4 Å². The van der Waals surface area contributed by atoms with E-state index in [1.807, 2.05) is 5.32 Å². The van der Waals surface area contributed by atoms with E-state index in [9.17, 15) is 18.0 Å². The van der Waals surface area contributed by atoms with Crippen LogP contribution < -0.4 is 14.8 Å². The molecule has 8 nitrogen and oxygen atoms in total. The third kappa shape index (κ3) is 3.25. The number of ether oxygens (including phenoxy) is 1. The van der Waals surface area contributed by atoms with Crippen LogP contribution >= 0.6 is 0 Å². The van der Waals surface area contributed by atoms with Crippen LogP contribution in [0.25, 0.3) is 0 Å². The molecule has 22 heavy (non-hydrogen) atoms. The number of urea groups is 1. The average molecular weight is 325 g/mol. The molecule has 0 saturated carbocycles. The van der Waals surface area contributed by atoms with Gasteiger partial charge >= 0.3 is 6.03 Å². The first-order valence-corrected chi connectivity index (χ1v) is 8.03. The lowest BCUT2D eigenvalue weighted by molar-refractivity contribution is -0.118. The van der Waals surface area contributed by atoms with Gasteiger partial charge in [0.2, 0.25) is 10.0 Å². The second-order valence-corrected chi connectivity index (χ2v) is 6.27. The molecule has 1 aliphatic rings. The number of benzene rings is 1.